The molecule has 0 bridgehead atoms. The summed E-state index contributed by atoms with van der Waals surface area (Å²) >= 11 is 0. The van der Waals surface area contributed by atoms with Crippen molar-refractivity contribution < 1.29 is 4.79 Å². The Bertz CT molecular complexity index is 208. The first-order chi connectivity index (χ1) is 5.43. The third-order valence-electron chi connectivity index (χ3n) is 1.63. The molecule has 0 N–H and O–H groups in total. The Morgan fingerprint density at radius 2 is 1.83 bits per heavy atom. The van der Waals surface area contributed by atoms with Gasteiger partial charge in [0.05, 0.1) is 0 Å². The summed E-state index contributed by atoms with van der Waals surface area (Å²) in [6.07, 6.45) is 3.63. The van der Waals surface area contributed by atoms with E-state index >= 15 is 0 Å². The molecule has 0 saturated heterocycles. The van der Waals surface area contributed by atoms with Crippen molar-refractivity contribution in [3.8, 4) is 0 Å². The van der Waals surface area contributed by atoms with E-state index in [1.807, 2.05) is 18.2 Å². The molecule has 1 aromatic rings. The molecule has 0 aliphatic rings. The zero-order valence-corrected chi connectivity index (χ0v) is 6.49. The van der Waals surface area contributed by atoms with Gasteiger partial charge in [-0.05, 0) is 18.4 Å². The number of benzene rings is 1. The van der Waals surface area contributed by atoms with Gasteiger partial charge < -0.3 is 4.79 Å². The van der Waals surface area contributed by atoms with Crippen LogP contribution in [0.2, 0.25) is 0 Å². The quantitative estimate of drug-likeness (QED) is 0.382. The molecule has 0 aliphatic heterocycles. The van der Waals surface area contributed by atoms with E-state index in [0.29, 0.717) is 6.42 Å². The Labute approximate surface area is 95.5 Å². The van der Waals surface area contributed by atoms with Crippen LogP contribution in [-0.2, 0) is 11.2 Å². The number of carbonyl (C=O) groups is 1. The fourth-order valence-electron chi connectivity index (χ4n) is 1.03. The van der Waals surface area contributed by atoms with E-state index in [1.165, 1.54) is 5.56 Å². The van der Waals surface area contributed by atoms with E-state index in [1.54, 1.807) is 0 Å². The summed E-state index contributed by atoms with van der Waals surface area (Å²) in [5, 5.41) is 0. The van der Waals surface area contributed by atoms with Crippen molar-refractivity contribution in [3.05, 3.63) is 35.9 Å². The van der Waals surface area contributed by atoms with Crippen LogP contribution in [0, 0.1) is 0 Å². The fraction of sp³-hybridized carbons (Fsp3) is 0.300. The molecule has 0 radical (unpaired) electrons. The summed E-state index contributed by atoms with van der Waals surface area (Å²) in [4.78, 5) is 10.00. The summed E-state index contributed by atoms with van der Waals surface area (Å²) in [6.45, 7) is 0. The molecule has 12 heavy (non-hydrogen) atoms. The van der Waals surface area contributed by atoms with E-state index in [0.717, 1.165) is 19.1 Å². The van der Waals surface area contributed by atoms with Gasteiger partial charge in [-0.15, -0.1) is 0 Å². The van der Waals surface area contributed by atoms with Gasteiger partial charge in [-0.2, -0.15) is 0 Å². The number of rotatable bonds is 4. The number of hydrogen-bond donors (Lipinski definition) is 0. The minimum absolute atomic E-state index is 0. The van der Waals surface area contributed by atoms with Crippen LogP contribution in [0.5, 0.6) is 0 Å². The van der Waals surface area contributed by atoms with Crippen molar-refractivity contribution in [3.63, 3.8) is 0 Å². The summed E-state index contributed by atoms with van der Waals surface area (Å²) in [5.74, 6) is 0. The first-order valence-corrected chi connectivity index (χ1v) is 3.91. The summed E-state index contributed by atoms with van der Waals surface area (Å²) in [7, 11) is 0. The molecular formula is C10H13NaO. The van der Waals surface area contributed by atoms with E-state index in [9.17, 15) is 4.79 Å². The normalized spacial score (nSPS) is 8.67. The minimum atomic E-state index is 0. The molecule has 0 fully saturated rings. The van der Waals surface area contributed by atoms with E-state index in [2.05, 4.69) is 12.1 Å². The molecule has 0 amide bonds. The molecule has 0 heterocycles. The molecule has 0 atom stereocenters. The Morgan fingerprint density at radius 3 is 2.42 bits per heavy atom. The van der Waals surface area contributed by atoms with Crippen LogP contribution in [0.4, 0.5) is 0 Å². The Kier molecular flexibility index (Phi) is 7.47. The van der Waals surface area contributed by atoms with Crippen molar-refractivity contribution in [2.75, 3.05) is 0 Å². The van der Waals surface area contributed by atoms with Crippen molar-refractivity contribution >= 4 is 35.8 Å². The van der Waals surface area contributed by atoms with Crippen molar-refractivity contribution in [2.45, 2.75) is 19.3 Å². The van der Waals surface area contributed by atoms with Crippen molar-refractivity contribution in [1.82, 2.24) is 0 Å². The average molecular weight is 172 g/mol. The van der Waals surface area contributed by atoms with Crippen molar-refractivity contribution in [2.24, 2.45) is 0 Å². The van der Waals surface area contributed by atoms with Crippen LogP contribution in [0.3, 0.4) is 0 Å². The van der Waals surface area contributed by atoms with Crippen molar-refractivity contribution in [1.29, 1.82) is 0 Å². The standard InChI is InChI=1S/C10H12O.Na.H/c11-9-5-4-8-10-6-2-1-3-7-10;;/h1-3,6-7,9H,4-5,8H2;;. The molecule has 0 aliphatic carbocycles. The van der Waals surface area contributed by atoms with E-state index in [4.69, 9.17) is 0 Å². The number of carbonyl (C=O) groups excluding carboxylic acids is 1. The van der Waals surface area contributed by atoms with Gasteiger partial charge in [-0.25, -0.2) is 0 Å². The molecule has 60 valence electrons. The molecule has 0 aromatic heterocycles. The van der Waals surface area contributed by atoms with E-state index in [-0.39, 0.29) is 29.6 Å². The van der Waals surface area contributed by atoms with Crippen LogP contribution >= 0.6 is 0 Å². The molecule has 1 nitrogen and oxygen atoms in total. The third kappa shape index (κ3) is 4.70. The molecular weight excluding hydrogens is 159 g/mol. The first kappa shape index (κ1) is 11.9. The maximum atomic E-state index is 10.00. The number of unbranched alkanes of at least 4 members (excludes halogenated alkanes) is 1. The third-order valence-corrected chi connectivity index (χ3v) is 1.63. The van der Waals surface area contributed by atoms with Gasteiger partial charge in [0, 0.05) is 6.42 Å². The van der Waals surface area contributed by atoms with Crippen LogP contribution in [0.25, 0.3) is 0 Å². The zero-order valence-electron chi connectivity index (χ0n) is 6.49. The second-order valence-corrected chi connectivity index (χ2v) is 2.54. The van der Waals surface area contributed by atoms with Gasteiger partial charge in [-0.1, -0.05) is 30.3 Å². The molecule has 0 spiro atoms. The molecule has 0 saturated carbocycles. The number of aldehydes is 1. The van der Waals surface area contributed by atoms with Gasteiger partial charge in [-0.3, -0.25) is 0 Å². The monoisotopic (exact) mass is 172 g/mol. The van der Waals surface area contributed by atoms with Gasteiger partial charge in [0.2, 0.25) is 0 Å². The Morgan fingerprint density at radius 1 is 1.17 bits per heavy atom. The summed E-state index contributed by atoms with van der Waals surface area (Å²) in [5.41, 5.74) is 1.31. The van der Waals surface area contributed by atoms with Crippen LogP contribution in [-0.4, -0.2) is 35.8 Å². The van der Waals surface area contributed by atoms with Crippen LogP contribution in [0.1, 0.15) is 18.4 Å². The predicted octanol–water partition coefficient (Wildman–Crippen LogP) is 1.56. The van der Waals surface area contributed by atoms with Gasteiger partial charge in [0.1, 0.15) is 6.29 Å². The summed E-state index contributed by atoms with van der Waals surface area (Å²) < 4.78 is 0. The van der Waals surface area contributed by atoms with Gasteiger partial charge in [0.25, 0.3) is 0 Å². The van der Waals surface area contributed by atoms with Crippen LogP contribution < -0.4 is 0 Å². The van der Waals surface area contributed by atoms with E-state index < -0.39 is 0 Å². The first-order valence-electron chi connectivity index (χ1n) is 3.91. The Hall–Kier alpha value is -0.110. The van der Waals surface area contributed by atoms with Gasteiger partial charge >= 0.3 is 29.6 Å². The maximum absolute atomic E-state index is 10.00. The average Bonchev–Trinajstić information content (AvgIpc) is 2.07. The van der Waals surface area contributed by atoms with Gasteiger partial charge in [0.15, 0.2) is 0 Å². The Balaban J connectivity index is 0.00000121. The molecule has 1 aromatic carbocycles. The zero-order chi connectivity index (χ0) is 7.94. The SMILES string of the molecule is O=CCCCc1ccccc1.[NaH]. The predicted molar refractivity (Wildman–Crippen MR) is 52.6 cm³/mol. The fourth-order valence-corrected chi connectivity index (χ4v) is 1.03. The van der Waals surface area contributed by atoms with Crippen LogP contribution in [0.15, 0.2) is 30.3 Å². The second-order valence-electron chi connectivity index (χ2n) is 2.54. The molecule has 0 unspecified atom stereocenters. The number of aryl methyl sites for hydroxylation is 1. The summed E-state index contributed by atoms with van der Waals surface area (Å²) in [6, 6.07) is 10.2. The number of hydrogen-bond acceptors (Lipinski definition) is 1. The molecule has 1 rings (SSSR count). The second kappa shape index (κ2) is 7.53. The molecule has 2 heteroatoms. The topological polar surface area (TPSA) is 17.1 Å².